The third-order valence-electron chi connectivity index (χ3n) is 5.46. The fourth-order valence-electron chi connectivity index (χ4n) is 3.92. The number of aromatic nitrogens is 1. The van der Waals surface area contributed by atoms with Gasteiger partial charge in [-0.05, 0) is 54.8 Å². The number of para-hydroxylation sites is 1. The Morgan fingerprint density at radius 3 is 2.59 bits per heavy atom. The first kappa shape index (κ1) is 19.0. The molecule has 1 aromatic heterocycles. The van der Waals surface area contributed by atoms with E-state index in [1.54, 1.807) is 6.20 Å². The zero-order valence-electron chi connectivity index (χ0n) is 16.5. The second kappa shape index (κ2) is 8.35. The van der Waals surface area contributed by atoms with Gasteiger partial charge in [0.1, 0.15) is 12.4 Å². The van der Waals surface area contributed by atoms with E-state index in [-0.39, 0.29) is 17.9 Å². The van der Waals surface area contributed by atoms with Crippen molar-refractivity contribution >= 4 is 11.6 Å². The molecular weight excluding hydrogens is 362 g/mol. The van der Waals surface area contributed by atoms with E-state index in [9.17, 15) is 4.79 Å². The Bertz CT molecular complexity index is 973. The number of pyridine rings is 1. The van der Waals surface area contributed by atoms with Crippen molar-refractivity contribution in [1.29, 1.82) is 0 Å². The summed E-state index contributed by atoms with van der Waals surface area (Å²) in [6.45, 7) is 3.37. The lowest BCUT2D eigenvalue weighted by atomic mass is 9.85. The maximum Gasteiger partial charge on any atom is 0.225 e. The molecule has 0 bridgehead atoms. The van der Waals surface area contributed by atoms with Crippen LogP contribution in [0.1, 0.15) is 36.1 Å². The summed E-state index contributed by atoms with van der Waals surface area (Å²) in [5, 5.41) is 0. The van der Waals surface area contributed by atoms with E-state index < -0.39 is 0 Å². The van der Waals surface area contributed by atoms with Gasteiger partial charge in [-0.25, -0.2) is 0 Å². The highest BCUT2D eigenvalue weighted by Gasteiger charge is 2.32. The number of carbonyl (C=O) groups is 1. The summed E-state index contributed by atoms with van der Waals surface area (Å²) >= 11 is 0. The molecule has 5 heteroatoms. The number of nitrogens with two attached hydrogens (primary N) is 1. The van der Waals surface area contributed by atoms with E-state index in [0.717, 1.165) is 35.7 Å². The van der Waals surface area contributed by atoms with E-state index in [1.807, 2.05) is 48.5 Å². The molecule has 0 aliphatic carbocycles. The minimum atomic E-state index is -0.252. The van der Waals surface area contributed by atoms with Gasteiger partial charge < -0.3 is 15.4 Å². The molecule has 1 aliphatic rings. The van der Waals surface area contributed by atoms with Crippen LogP contribution in [0, 0.1) is 0 Å². The molecule has 2 heterocycles. The molecule has 29 heavy (non-hydrogen) atoms. The summed E-state index contributed by atoms with van der Waals surface area (Å²) in [5.74, 6) is 0.346. The Morgan fingerprint density at radius 1 is 1.10 bits per heavy atom. The molecule has 4 rings (SSSR count). The average molecular weight is 387 g/mol. The second-order valence-corrected chi connectivity index (χ2v) is 7.48. The summed E-state index contributed by atoms with van der Waals surface area (Å²) in [7, 11) is 0. The first-order valence-corrected chi connectivity index (χ1v) is 9.88. The van der Waals surface area contributed by atoms with Gasteiger partial charge in [-0.3, -0.25) is 9.78 Å². The number of benzene rings is 2. The molecule has 0 radical (unpaired) electrons. The summed E-state index contributed by atoms with van der Waals surface area (Å²) in [6.07, 6.45) is 2.50. The number of primary amides is 1. The first-order chi connectivity index (χ1) is 14.1. The lowest BCUT2D eigenvalue weighted by Crippen LogP contribution is -2.41. The Labute approximate surface area is 171 Å². The van der Waals surface area contributed by atoms with Crippen LogP contribution in [0.5, 0.6) is 5.75 Å². The number of anilines is 1. The molecule has 148 valence electrons. The SMILES string of the molecule is C[C@H]1C[C@H](C(N)=O)c2ccccc2N1Cc1ccc(OCc2ccccn2)cc1. The van der Waals surface area contributed by atoms with Crippen molar-refractivity contribution in [2.45, 2.75) is 38.5 Å². The highest BCUT2D eigenvalue weighted by Crippen LogP contribution is 2.39. The molecule has 0 unspecified atom stereocenters. The van der Waals surface area contributed by atoms with Gasteiger partial charge in [0.15, 0.2) is 0 Å². The highest BCUT2D eigenvalue weighted by molar-refractivity contribution is 5.85. The topological polar surface area (TPSA) is 68.5 Å². The van der Waals surface area contributed by atoms with Crippen LogP contribution in [0.4, 0.5) is 5.69 Å². The minimum absolute atomic E-state index is 0.222. The van der Waals surface area contributed by atoms with Gasteiger partial charge in [0, 0.05) is 24.5 Å². The van der Waals surface area contributed by atoms with Crippen LogP contribution in [0.3, 0.4) is 0 Å². The van der Waals surface area contributed by atoms with E-state index in [4.69, 9.17) is 10.5 Å². The number of carbonyl (C=O) groups excluding carboxylic acids is 1. The molecule has 0 saturated carbocycles. The molecule has 1 aliphatic heterocycles. The number of ether oxygens (including phenoxy) is 1. The average Bonchev–Trinajstić information content (AvgIpc) is 2.75. The second-order valence-electron chi connectivity index (χ2n) is 7.48. The Balaban J connectivity index is 1.47. The van der Waals surface area contributed by atoms with Crippen molar-refractivity contribution in [2.75, 3.05) is 4.90 Å². The predicted molar refractivity (Wildman–Crippen MR) is 114 cm³/mol. The molecule has 0 saturated heterocycles. The summed E-state index contributed by atoms with van der Waals surface area (Å²) in [5.41, 5.74) is 9.86. The van der Waals surface area contributed by atoms with E-state index in [0.29, 0.717) is 6.61 Å². The van der Waals surface area contributed by atoms with Crippen molar-refractivity contribution in [3.63, 3.8) is 0 Å². The van der Waals surface area contributed by atoms with Crippen molar-refractivity contribution in [3.8, 4) is 5.75 Å². The zero-order chi connectivity index (χ0) is 20.2. The van der Waals surface area contributed by atoms with Gasteiger partial charge in [0.25, 0.3) is 0 Å². The normalized spacial score (nSPS) is 18.2. The summed E-state index contributed by atoms with van der Waals surface area (Å²) in [6, 6.07) is 22.2. The quantitative estimate of drug-likeness (QED) is 0.693. The van der Waals surface area contributed by atoms with Gasteiger partial charge in [-0.2, -0.15) is 0 Å². The smallest absolute Gasteiger partial charge is 0.225 e. The van der Waals surface area contributed by atoms with Crippen molar-refractivity contribution in [2.24, 2.45) is 5.73 Å². The molecule has 3 aromatic rings. The maximum atomic E-state index is 11.9. The van der Waals surface area contributed by atoms with Crippen LogP contribution in [0.25, 0.3) is 0 Å². The molecule has 0 spiro atoms. The fourth-order valence-corrected chi connectivity index (χ4v) is 3.92. The number of fused-ring (bicyclic) bond motifs is 1. The molecule has 1 amide bonds. The van der Waals surface area contributed by atoms with Crippen LogP contribution in [0.2, 0.25) is 0 Å². The number of amides is 1. The number of rotatable bonds is 6. The first-order valence-electron chi connectivity index (χ1n) is 9.88. The van der Waals surface area contributed by atoms with Crippen LogP contribution in [-0.2, 0) is 17.9 Å². The summed E-state index contributed by atoms with van der Waals surface area (Å²) < 4.78 is 5.83. The third kappa shape index (κ3) is 4.24. The van der Waals surface area contributed by atoms with Gasteiger partial charge in [0.2, 0.25) is 5.91 Å². The lowest BCUT2D eigenvalue weighted by Gasteiger charge is -2.40. The molecule has 5 nitrogen and oxygen atoms in total. The van der Waals surface area contributed by atoms with E-state index in [2.05, 4.69) is 35.0 Å². The number of nitrogens with zero attached hydrogens (tertiary/aromatic N) is 2. The van der Waals surface area contributed by atoms with Gasteiger partial charge in [0.05, 0.1) is 11.6 Å². The van der Waals surface area contributed by atoms with Gasteiger partial charge >= 0.3 is 0 Å². The fraction of sp³-hybridized carbons (Fsp3) is 0.250. The zero-order valence-corrected chi connectivity index (χ0v) is 16.5. The molecule has 2 aromatic carbocycles. The Kier molecular flexibility index (Phi) is 5.47. The Hall–Kier alpha value is -3.34. The minimum Gasteiger partial charge on any atom is -0.487 e. The predicted octanol–water partition coefficient (Wildman–Crippen LogP) is 4.03. The van der Waals surface area contributed by atoms with Crippen molar-refractivity contribution in [1.82, 2.24) is 4.98 Å². The van der Waals surface area contributed by atoms with E-state index in [1.165, 1.54) is 5.56 Å². The third-order valence-corrected chi connectivity index (χ3v) is 5.46. The van der Waals surface area contributed by atoms with Gasteiger partial charge in [-0.15, -0.1) is 0 Å². The Morgan fingerprint density at radius 2 is 1.86 bits per heavy atom. The molecule has 2 atom stereocenters. The maximum absolute atomic E-state index is 11.9. The van der Waals surface area contributed by atoms with Crippen LogP contribution in [0.15, 0.2) is 72.9 Å². The molecule has 2 N–H and O–H groups in total. The number of hydrogen-bond acceptors (Lipinski definition) is 4. The lowest BCUT2D eigenvalue weighted by molar-refractivity contribution is -0.119. The number of hydrogen-bond donors (Lipinski definition) is 1. The van der Waals surface area contributed by atoms with Crippen LogP contribution in [-0.4, -0.2) is 16.9 Å². The van der Waals surface area contributed by atoms with Gasteiger partial charge in [-0.1, -0.05) is 36.4 Å². The molecular formula is C24H25N3O2. The largest absolute Gasteiger partial charge is 0.487 e. The van der Waals surface area contributed by atoms with Crippen LogP contribution < -0.4 is 15.4 Å². The monoisotopic (exact) mass is 387 g/mol. The molecule has 0 fully saturated rings. The highest BCUT2D eigenvalue weighted by atomic mass is 16.5. The van der Waals surface area contributed by atoms with Crippen molar-refractivity contribution in [3.05, 3.63) is 89.7 Å². The van der Waals surface area contributed by atoms with Crippen molar-refractivity contribution < 1.29 is 9.53 Å². The van der Waals surface area contributed by atoms with Crippen LogP contribution >= 0.6 is 0 Å². The van der Waals surface area contributed by atoms with E-state index >= 15 is 0 Å². The standard InChI is InChI=1S/C24H25N3O2/c1-17-14-22(24(25)28)21-7-2-3-8-23(21)27(17)15-18-9-11-20(12-10-18)29-16-19-6-4-5-13-26-19/h2-13,17,22H,14-16H2,1H3,(H2,25,28)/t17-,22-/m0/s1. The summed E-state index contributed by atoms with van der Waals surface area (Å²) in [4.78, 5) is 18.5.